The van der Waals surface area contributed by atoms with Crippen LogP contribution in [0.25, 0.3) is 10.9 Å². The van der Waals surface area contributed by atoms with Gasteiger partial charge in [0.2, 0.25) is 5.91 Å². The zero-order valence-corrected chi connectivity index (χ0v) is 6.82. The molecule has 2 rings (SSSR count). The SMILES string of the molecule is NC(=O)c1ccc2cc[nH]c2c1.[N]. The summed E-state index contributed by atoms with van der Waals surface area (Å²) in [4.78, 5) is 13.8. The summed E-state index contributed by atoms with van der Waals surface area (Å²) in [6.07, 6.45) is 1.83. The van der Waals surface area contributed by atoms with Crippen LogP contribution in [0, 0.1) is 0 Å². The molecule has 0 aliphatic heterocycles. The number of benzene rings is 1. The number of nitrogens with two attached hydrogens (primary N) is 1. The van der Waals surface area contributed by atoms with Crippen LogP contribution in [-0.2, 0) is 0 Å². The average molecular weight is 174 g/mol. The first-order chi connectivity index (χ1) is 5.77. The molecule has 1 heterocycles. The number of rotatable bonds is 1. The molecule has 3 radical (unpaired) electrons. The highest BCUT2D eigenvalue weighted by Gasteiger charge is 2.00. The van der Waals surface area contributed by atoms with Gasteiger partial charge in [-0.2, -0.15) is 0 Å². The van der Waals surface area contributed by atoms with Gasteiger partial charge in [-0.3, -0.25) is 4.79 Å². The summed E-state index contributed by atoms with van der Waals surface area (Å²) in [6, 6.07) is 7.28. The summed E-state index contributed by atoms with van der Waals surface area (Å²) in [6.45, 7) is 0. The first-order valence-electron chi connectivity index (χ1n) is 3.64. The highest BCUT2D eigenvalue weighted by Crippen LogP contribution is 2.13. The molecular weight excluding hydrogens is 166 g/mol. The number of amides is 1. The summed E-state index contributed by atoms with van der Waals surface area (Å²) >= 11 is 0. The van der Waals surface area contributed by atoms with Gasteiger partial charge in [0.1, 0.15) is 0 Å². The fourth-order valence-corrected chi connectivity index (χ4v) is 1.20. The van der Waals surface area contributed by atoms with Gasteiger partial charge in [0.15, 0.2) is 0 Å². The Kier molecular flexibility index (Phi) is 2.34. The lowest BCUT2D eigenvalue weighted by atomic mass is 10.1. The third kappa shape index (κ3) is 1.52. The van der Waals surface area contributed by atoms with Crippen LogP contribution >= 0.6 is 0 Å². The zero-order valence-electron chi connectivity index (χ0n) is 6.82. The maximum Gasteiger partial charge on any atom is 0.248 e. The number of carbonyl (C=O) groups is 1. The van der Waals surface area contributed by atoms with Crippen LogP contribution < -0.4 is 11.9 Å². The number of nitrogens with zero attached hydrogens (tertiary/aromatic N) is 1. The Morgan fingerprint density at radius 2 is 2.08 bits per heavy atom. The average Bonchev–Trinajstić information content (AvgIpc) is 2.49. The molecule has 0 aliphatic rings. The monoisotopic (exact) mass is 174 g/mol. The van der Waals surface area contributed by atoms with Gasteiger partial charge in [0.05, 0.1) is 0 Å². The van der Waals surface area contributed by atoms with Crippen LogP contribution in [0.5, 0.6) is 0 Å². The predicted octanol–water partition coefficient (Wildman–Crippen LogP) is 0.786. The van der Waals surface area contributed by atoms with Crippen LogP contribution in [-0.4, -0.2) is 10.9 Å². The van der Waals surface area contributed by atoms with Crippen LogP contribution in [0.2, 0.25) is 0 Å². The number of hydrogen-bond acceptors (Lipinski definition) is 1. The van der Waals surface area contributed by atoms with Gasteiger partial charge in [0.25, 0.3) is 0 Å². The second-order valence-corrected chi connectivity index (χ2v) is 2.64. The van der Waals surface area contributed by atoms with E-state index >= 15 is 0 Å². The lowest BCUT2D eigenvalue weighted by Crippen LogP contribution is -2.10. The van der Waals surface area contributed by atoms with Gasteiger partial charge in [-0.1, -0.05) is 6.07 Å². The van der Waals surface area contributed by atoms with Crippen molar-refractivity contribution in [2.75, 3.05) is 0 Å². The van der Waals surface area contributed by atoms with E-state index in [2.05, 4.69) is 4.98 Å². The molecule has 0 fully saturated rings. The molecule has 1 amide bonds. The van der Waals surface area contributed by atoms with E-state index in [0.29, 0.717) is 5.56 Å². The Hall–Kier alpha value is -1.81. The van der Waals surface area contributed by atoms with Crippen LogP contribution in [0.15, 0.2) is 30.5 Å². The van der Waals surface area contributed by atoms with Crippen molar-refractivity contribution in [3.63, 3.8) is 0 Å². The molecule has 1 aromatic heterocycles. The topological polar surface area (TPSA) is 89.4 Å². The Balaban J connectivity index is 0.000000845. The second-order valence-electron chi connectivity index (χ2n) is 2.64. The van der Waals surface area contributed by atoms with Crippen molar-refractivity contribution in [3.8, 4) is 0 Å². The molecule has 0 unspecified atom stereocenters. The van der Waals surface area contributed by atoms with Crippen LogP contribution in [0.4, 0.5) is 0 Å². The van der Waals surface area contributed by atoms with Crippen molar-refractivity contribution >= 4 is 16.8 Å². The van der Waals surface area contributed by atoms with Crippen molar-refractivity contribution in [1.82, 2.24) is 11.1 Å². The first-order valence-corrected chi connectivity index (χ1v) is 3.64. The number of H-pyrrole nitrogens is 1. The van der Waals surface area contributed by atoms with Crippen LogP contribution in [0.1, 0.15) is 10.4 Å². The van der Waals surface area contributed by atoms with Gasteiger partial charge in [-0.25, -0.2) is 0 Å². The molecule has 4 nitrogen and oxygen atoms in total. The Labute approximate surface area is 75.3 Å². The molecule has 0 aliphatic carbocycles. The van der Waals surface area contributed by atoms with Crippen molar-refractivity contribution in [3.05, 3.63) is 36.0 Å². The minimum atomic E-state index is -0.397. The number of carbonyl (C=O) groups excluding carboxylic acids is 1. The molecule has 1 aromatic carbocycles. The van der Waals surface area contributed by atoms with Gasteiger partial charge in [-0.05, 0) is 23.6 Å². The third-order valence-electron chi connectivity index (χ3n) is 1.84. The minimum Gasteiger partial charge on any atom is -0.366 e. The molecular formula is C9H8N3O. The number of aromatic nitrogens is 1. The Morgan fingerprint density at radius 3 is 2.77 bits per heavy atom. The quantitative estimate of drug-likeness (QED) is 0.657. The number of nitrogens with one attached hydrogen (secondary N) is 1. The molecule has 0 spiro atoms. The fourth-order valence-electron chi connectivity index (χ4n) is 1.20. The molecule has 0 saturated carbocycles. The third-order valence-corrected chi connectivity index (χ3v) is 1.84. The van der Waals surface area contributed by atoms with Gasteiger partial charge >= 0.3 is 0 Å². The Bertz CT molecular complexity index is 433. The van der Waals surface area contributed by atoms with E-state index < -0.39 is 5.91 Å². The predicted molar refractivity (Wildman–Crippen MR) is 49.0 cm³/mol. The van der Waals surface area contributed by atoms with Gasteiger partial charge in [0, 0.05) is 23.4 Å². The van der Waals surface area contributed by atoms with E-state index in [-0.39, 0.29) is 6.15 Å². The number of aromatic amines is 1. The normalized spacial score (nSPS) is 9.54. The van der Waals surface area contributed by atoms with Crippen molar-refractivity contribution in [2.45, 2.75) is 0 Å². The van der Waals surface area contributed by atoms with Crippen molar-refractivity contribution < 1.29 is 4.79 Å². The summed E-state index contributed by atoms with van der Waals surface area (Å²) in [5, 5.41) is 1.08. The van der Waals surface area contributed by atoms with Crippen LogP contribution in [0.3, 0.4) is 0 Å². The maximum atomic E-state index is 10.8. The lowest BCUT2D eigenvalue weighted by Gasteiger charge is -1.94. The highest BCUT2D eigenvalue weighted by atomic mass is 16.1. The van der Waals surface area contributed by atoms with Gasteiger partial charge < -0.3 is 10.7 Å². The minimum absolute atomic E-state index is 0. The van der Waals surface area contributed by atoms with E-state index in [9.17, 15) is 4.79 Å². The largest absolute Gasteiger partial charge is 0.366 e. The van der Waals surface area contributed by atoms with Crippen molar-refractivity contribution in [1.29, 1.82) is 0 Å². The molecule has 2 aromatic rings. The molecule has 65 valence electrons. The molecule has 13 heavy (non-hydrogen) atoms. The summed E-state index contributed by atoms with van der Waals surface area (Å²) in [5.74, 6) is -0.397. The summed E-state index contributed by atoms with van der Waals surface area (Å²) < 4.78 is 0. The summed E-state index contributed by atoms with van der Waals surface area (Å²) in [5.41, 5.74) is 6.59. The van der Waals surface area contributed by atoms with E-state index in [4.69, 9.17) is 5.73 Å². The van der Waals surface area contributed by atoms with E-state index in [1.165, 1.54) is 0 Å². The smallest absolute Gasteiger partial charge is 0.248 e. The van der Waals surface area contributed by atoms with E-state index in [0.717, 1.165) is 10.9 Å². The molecule has 0 saturated heterocycles. The molecule has 0 atom stereocenters. The van der Waals surface area contributed by atoms with Gasteiger partial charge in [-0.15, -0.1) is 0 Å². The lowest BCUT2D eigenvalue weighted by molar-refractivity contribution is 0.100. The molecule has 4 heteroatoms. The standard InChI is InChI=1S/C9H8N2O.N/c10-9(12)7-2-1-6-3-4-11-8(6)5-7;/h1-5,11H,(H2,10,12);. The number of hydrogen-bond donors (Lipinski definition) is 2. The van der Waals surface area contributed by atoms with Crippen molar-refractivity contribution in [2.24, 2.45) is 5.73 Å². The second kappa shape index (κ2) is 3.28. The van der Waals surface area contributed by atoms with E-state index in [1.54, 1.807) is 12.1 Å². The number of fused-ring (bicyclic) bond motifs is 1. The Morgan fingerprint density at radius 1 is 1.31 bits per heavy atom. The van der Waals surface area contributed by atoms with E-state index in [1.807, 2.05) is 18.3 Å². The molecule has 0 bridgehead atoms. The summed E-state index contributed by atoms with van der Waals surface area (Å²) in [7, 11) is 0. The zero-order chi connectivity index (χ0) is 8.55. The fraction of sp³-hybridized carbons (Fsp3) is 0. The maximum absolute atomic E-state index is 10.8. The highest BCUT2D eigenvalue weighted by molar-refractivity contribution is 5.96. The first kappa shape index (κ1) is 9.28. The molecule has 3 N–H and O–H groups in total. The number of primary amides is 1.